The minimum Gasteiger partial charge on any atom is -0.351 e. The van der Waals surface area contributed by atoms with Crippen LogP contribution in [0.25, 0.3) is 6.08 Å². The Kier molecular flexibility index (Phi) is 5.09. The summed E-state index contributed by atoms with van der Waals surface area (Å²) >= 11 is 6.41. The Balaban J connectivity index is 1.72. The predicted molar refractivity (Wildman–Crippen MR) is 105 cm³/mol. The molecule has 2 aliphatic rings. The Labute approximate surface area is 161 Å². The molecule has 138 valence electrons. The van der Waals surface area contributed by atoms with Gasteiger partial charge in [-0.3, -0.25) is 14.5 Å². The molecule has 0 radical (unpaired) electrons. The van der Waals surface area contributed by atoms with Crippen molar-refractivity contribution in [2.75, 3.05) is 5.75 Å². The first-order valence-corrected chi connectivity index (χ1v) is 10.7. The molecule has 1 saturated heterocycles. The fourth-order valence-corrected chi connectivity index (χ4v) is 5.30. The van der Waals surface area contributed by atoms with Gasteiger partial charge in [-0.25, -0.2) is 8.42 Å². The van der Waals surface area contributed by atoms with Crippen LogP contribution in [-0.4, -0.2) is 51.9 Å². The van der Waals surface area contributed by atoms with Crippen LogP contribution in [0.5, 0.6) is 0 Å². The summed E-state index contributed by atoms with van der Waals surface area (Å²) < 4.78 is 25.0. The Hall–Kier alpha value is -1.91. The Morgan fingerprint density at radius 2 is 2.23 bits per heavy atom. The fourth-order valence-electron chi connectivity index (χ4n) is 2.66. The fraction of sp³-hybridized carbons (Fsp3) is 0.312. The molecule has 0 aliphatic carbocycles. The van der Waals surface area contributed by atoms with Gasteiger partial charge in [0.15, 0.2) is 9.84 Å². The molecule has 0 saturated carbocycles. The van der Waals surface area contributed by atoms with Gasteiger partial charge >= 0.3 is 0 Å². The molecular weight excluding hydrogens is 394 g/mol. The maximum atomic E-state index is 12.7. The lowest BCUT2D eigenvalue weighted by Gasteiger charge is -2.23. The van der Waals surface area contributed by atoms with E-state index in [1.165, 1.54) is 11.0 Å². The lowest BCUT2D eigenvalue weighted by Crippen LogP contribution is -2.49. The molecule has 2 aliphatic heterocycles. The molecule has 10 heteroatoms. The van der Waals surface area contributed by atoms with Gasteiger partial charge in [0.1, 0.15) is 10.4 Å². The SMILES string of the molecule is CC(C(=O)NC1C=CS(=O)(=O)C1)N1C(=O)C(=Cc2cccn2C)SC1=S. The van der Waals surface area contributed by atoms with E-state index in [0.717, 1.165) is 22.9 Å². The van der Waals surface area contributed by atoms with Gasteiger partial charge < -0.3 is 9.88 Å². The number of nitrogens with one attached hydrogen (secondary N) is 1. The molecule has 0 aromatic carbocycles. The maximum absolute atomic E-state index is 12.7. The van der Waals surface area contributed by atoms with Crippen molar-refractivity contribution in [2.24, 2.45) is 7.05 Å². The van der Waals surface area contributed by atoms with Gasteiger partial charge in [0, 0.05) is 24.3 Å². The van der Waals surface area contributed by atoms with E-state index in [1.54, 1.807) is 13.0 Å². The smallest absolute Gasteiger partial charge is 0.266 e. The van der Waals surface area contributed by atoms with Gasteiger partial charge in [0.2, 0.25) is 5.91 Å². The molecule has 0 bridgehead atoms. The zero-order chi connectivity index (χ0) is 19.1. The van der Waals surface area contributed by atoms with Gasteiger partial charge in [-0.2, -0.15) is 0 Å². The zero-order valence-electron chi connectivity index (χ0n) is 14.1. The minimum absolute atomic E-state index is 0.169. The molecule has 7 nitrogen and oxygen atoms in total. The van der Waals surface area contributed by atoms with Crippen molar-refractivity contribution in [1.82, 2.24) is 14.8 Å². The van der Waals surface area contributed by atoms with Crippen molar-refractivity contribution >= 4 is 56.0 Å². The molecule has 2 amide bonds. The lowest BCUT2D eigenvalue weighted by atomic mass is 10.2. The average Bonchev–Trinajstić information content (AvgIpc) is 3.19. The van der Waals surface area contributed by atoms with Gasteiger partial charge in [0.05, 0.1) is 16.7 Å². The monoisotopic (exact) mass is 411 g/mol. The van der Waals surface area contributed by atoms with E-state index in [0.29, 0.717) is 9.23 Å². The molecule has 2 atom stereocenters. The second-order valence-corrected chi connectivity index (χ2v) is 9.65. The summed E-state index contributed by atoms with van der Waals surface area (Å²) in [7, 11) is -1.40. The molecule has 3 heterocycles. The van der Waals surface area contributed by atoms with Crippen LogP contribution in [0.3, 0.4) is 0 Å². The second-order valence-electron chi connectivity index (χ2n) is 6.04. The molecule has 1 aromatic heterocycles. The second kappa shape index (κ2) is 7.01. The summed E-state index contributed by atoms with van der Waals surface area (Å²) in [6.45, 7) is 1.57. The van der Waals surface area contributed by atoms with E-state index in [-0.39, 0.29) is 11.7 Å². The van der Waals surface area contributed by atoms with Gasteiger partial charge in [-0.1, -0.05) is 24.0 Å². The summed E-state index contributed by atoms with van der Waals surface area (Å²) in [4.78, 5) is 26.8. The lowest BCUT2D eigenvalue weighted by molar-refractivity contribution is -0.132. The van der Waals surface area contributed by atoms with Crippen molar-refractivity contribution in [3.05, 3.63) is 40.4 Å². The van der Waals surface area contributed by atoms with Crippen LogP contribution in [0.4, 0.5) is 0 Å². The number of amides is 2. The highest BCUT2D eigenvalue weighted by atomic mass is 32.2. The van der Waals surface area contributed by atoms with Crippen molar-refractivity contribution < 1.29 is 18.0 Å². The third-order valence-corrected chi connectivity index (χ3v) is 6.84. The number of aromatic nitrogens is 1. The summed E-state index contributed by atoms with van der Waals surface area (Å²) in [6, 6.07) is 2.31. The van der Waals surface area contributed by atoms with Gasteiger partial charge in [0.25, 0.3) is 5.91 Å². The average molecular weight is 412 g/mol. The van der Waals surface area contributed by atoms with E-state index in [2.05, 4.69) is 5.32 Å². The first-order chi connectivity index (χ1) is 12.2. The number of thiocarbonyl (C=S) groups is 1. The van der Waals surface area contributed by atoms with E-state index in [1.807, 2.05) is 29.9 Å². The molecule has 3 rings (SSSR count). The van der Waals surface area contributed by atoms with Crippen LogP contribution in [0, 0.1) is 0 Å². The largest absolute Gasteiger partial charge is 0.351 e. The Bertz CT molecular complexity index is 946. The number of aryl methyl sites for hydroxylation is 1. The topological polar surface area (TPSA) is 88.5 Å². The molecule has 26 heavy (non-hydrogen) atoms. The maximum Gasteiger partial charge on any atom is 0.266 e. The molecule has 1 aromatic rings. The highest BCUT2D eigenvalue weighted by Gasteiger charge is 2.39. The van der Waals surface area contributed by atoms with Crippen LogP contribution in [0.1, 0.15) is 12.6 Å². The number of carbonyl (C=O) groups is 2. The normalized spacial score (nSPS) is 24.5. The quantitative estimate of drug-likeness (QED) is 0.588. The summed E-state index contributed by atoms with van der Waals surface area (Å²) in [5.41, 5.74) is 0.851. The molecule has 2 unspecified atom stereocenters. The number of hydrogen-bond donors (Lipinski definition) is 1. The van der Waals surface area contributed by atoms with Crippen LogP contribution in [-0.2, 0) is 26.5 Å². The first kappa shape index (κ1) is 18.9. The standard InChI is InChI=1S/C16H17N3O4S3/c1-10(14(20)17-11-5-7-26(22,23)9-11)19-15(21)13(25-16(19)24)8-12-4-3-6-18(12)2/h3-8,10-11H,9H2,1-2H3,(H,17,20). The van der Waals surface area contributed by atoms with E-state index >= 15 is 0 Å². The van der Waals surface area contributed by atoms with Crippen LogP contribution in [0.15, 0.2) is 34.7 Å². The summed E-state index contributed by atoms with van der Waals surface area (Å²) in [5, 5.41) is 3.72. The van der Waals surface area contributed by atoms with Crippen LogP contribution >= 0.6 is 24.0 Å². The van der Waals surface area contributed by atoms with Crippen molar-refractivity contribution in [3.63, 3.8) is 0 Å². The number of carbonyl (C=O) groups excluding carboxylic acids is 2. The van der Waals surface area contributed by atoms with Crippen molar-refractivity contribution in [1.29, 1.82) is 0 Å². The molecule has 0 spiro atoms. The third kappa shape index (κ3) is 3.76. The number of hydrogen-bond acceptors (Lipinski definition) is 6. The van der Waals surface area contributed by atoms with Crippen molar-refractivity contribution in [2.45, 2.75) is 19.0 Å². The predicted octanol–water partition coefficient (Wildman–Crippen LogP) is 1.04. The Morgan fingerprint density at radius 3 is 2.81 bits per heavy atom. The van der Waals surface area contributed by atoms with E-state index < -0.39 is 27.8 Å². The Morgan fingerprint density at radius 1 is 1.50 bits per heavy atom. The highest BCUT2D eigenvalue weighted by Crippen LogP contribution is 2.34. The first-order valence-electron chi connectivity index (χ1n) is 7.78. The zero-order valence-corrected chi connectivity index (χ0v) is 16.5. The highest BCUT2D eigenvalue weighted by molar-refractivity contribution is 8.26. The molecular formula is C16H17N3O4S3. The van der Waals surface area contributed by atoms with E-state index in [4.69, 9.17) is 12.2 Å². The number of nitrogens with zero attached hydrogens (tertiary/aromatic N) is 2. The minimum atomic E-state index is -3.27. The third-order valence-electron chi connectivity index (χ3n) is 4.11. The number of thioether (sulfide) groups is 1. The molecule has 1 N–H and O–H groups in total. The molecule has 1 fully saturated rings. The van der Waals surface area contributed by atoms with Crippen molar-refractivity contribution in [3.8, 4) is 0 Å². The van der Waals surface area contributed by atoms with Crippen LogP contribution < -0.4 is 5.32 Å². The number of rotatable bonds is 4. The van der Waals surface area contributed by atoms with Crippen LogP contribution in [0.2, 0.25) is 0 Å². The summed E-state index contributed by atoms with van der Waals surface area (Å²) in [5.74, 6) is -0.955. The summed E-state index contributed by atoms with van der Waals surface area (Å²) in [6.07, 6.45) is 5.03. The van der Waals surface area contributed by atoms with Gasteiger partial charge in [-0.05, 0) is 31.2 Å². The van der Waals surface area contributed by atoms with Gasteiger partial charge in [-0.15, -0.1) is 0 Å². The van der Waals surface area contributed by atoms with E-state index in [9.17, 15) is 18.0 Å². The number of sulfone groups is 1.